The number of aromatic carboxylic acids is 1. The van der Waals surface area contributed by atoms with Crippen molar-refractivity contribution in [3.8, 4) is 5.95 Å². The number of carbonyl (C=O) groups is 1. The van der Waals surface area contributed by atoms with Crippen LogP contribution in [0.25, 0.3) is 17.0 Å². The van der Waals surface area contributed by atoms with Gasteiger partial charge in [0.2, 0.25) is 5.95 Å². The molecular weight excluding hydrogens is 232 g/mol. The predicted molar refractivity (Wildman–Crippen MR) is 63.6 cm³/mol. The maximum atomic E-state index is 10.9. The highest BCUT2D eigenvalue weighted by Gasteiger charge is 2.09. The van der Waals surface area contributed by atoms with Crippen LogP contribution in [0.15, 0.2) is 42.9 Å². The molecule has 0 aliphatic rings. The van der Waals surface area contributed by atoms with Crippen molar-refractivity contribution < 1.29 is 9.90 Å². The molecule has 0 aliphatic heterocycles. The largest absolute Gasteiger partial charge is 0.477 e. The van der Waals surface area contributed by atoms with Crippen molar-refractivity contribution >= 4 is 17.0 Å². The number of rotatable bonds is 2. The molecular formula is C12H8N4O2. The van der Waals surface area contributed by atoms with E-state index in [4.69, 9.17) is 5.11 Å². The molecule has 0 fully saturated rings. The Kier molecular flexibility index (Phi) is 2.26. The van der Waals surface area contributed by atoms with E-state index in [9.17, 15) is 4.79 Å². The number of carboxylic acid groups (broad SMARTS) is 1. The molecule has 0 atom stereocenters. The number of para-hydroxylation sites is 2. The summed E-state index contributed by atoms with van der Waals surface area (Å²) < 4.78 is 1.65. The van der Waals surface area contributed by atoms with Crippen LogP contribution in [0.2, 0.25) is 0 Å². The Morgan fingerprint density at radius 1 is 1.17 bits per heavy atom. The maximum absolute atomic E-state index is 10.9. The van der Waals surface area contributed by atoms with E-state index in [1.807, 2.05) is 24.3 Å². The van der Waals surface area contributed by atoms with E-state index in [1.165, 1.54) is 12.3 Å². The minimum Gasteiger partial charge on any atom is -0.477 e. The normalized spacial score (nSPS) is 10.7. The molecule has 0 unspecified atom stereocenters. The number of fused-ring (bicyclic) bond motifs is 1. The molecule has 1 aromatic carbocycles. The van der Waals surface area contributed by atoms with Gasteiger partial charge < -0.3 is 5.11 Å². The second kappa shape index (κ2) is 3.92. The predicted octanol–water partition coefficient (Wildman–Crippen LogP) is 1.51. The molecule has 6 nitrogen and oxygen atoms in total. The first kappa shape index (κ1) is 10.4. The smallest absolute Gasteiger partial charge is 0.354 e. The van der Waals surface area contributed by atoms with Crippen LogP contribution in [0.1, 0.15) is 10.5 Å². The fraction of sp³-hybridized carbons (Fsp3) is 0. The molecule has 0 spiro atoms. The van der Waals surface area contributed by atoms with Crippen molar-refractivity contribution in [2.24, 2.45) is 0 Å². The van der Waals surface area contributed by atoms with E-state index in [0.717, 1.165) is 11.0 Å². The highest BCUT2D eigenvalue weighted by molar-refractivity contribution is 5.85. The van der Waals surface area contributed by atoms with Crippen molar-refractivity contribution in [3.63, 3.8) is 0 Å². The summed E-state index contributed by atoms with van der Waals surface area (Å²) in [6.07, 6.45) is 2.99. The number of nitrogens with zero attached hydrogens (tertiary/aromatic N) is 4. The van der Waals surface area contributed by atoms with E-state index in [1.54, 1.807) is 10.9 Å². The average molecular weight is 240 g/mol. The van der Waals surface area contributed by atoms with Crippen LogP contribution in [0.5, 0.6) is 0 Å². The van der Waals surface area contributed by atoms with Gasteiger partial charge in [-0.2, -0.15) is 0 Å². The molecule has 0 aliphatic carbocycles. The zero-order valence-electron chi connectivity index (χ0n) is 9.19. The van der Waals surface area contributed by atoms with E-state index < -0.39 is 5.97 Å². The lowest BCUT2D eigenvalue weighted by Crippen LogP contribution is -2.06. The Morgan fingerprint density at radius 3 is 2.83 bits per heavy atom. The van der Waals surface area contributed by atoms with Crippen LogP contribution in [-0.2, 0) is 0 Å². The first-order valence-electron chi connectivity index (χ1n) is 5.24. The molecule has 6 heteroatoms. The Labute approximate surface area is 102 Å². The Hall–Kier alpha value is -2.76. The van der Waals surface area contributed by atoms with Gasteiger partial charge in [-0.3, -0.25) is 4.57 Å². The van der Waals surface area contributed by atoms with Crippen LogP contribution in [0.3, 0.4) is 0 Å². The van der Waals surface area contributed by atoms with Crippen molar-refractivity contribution in [3.05, 3.63) is 48.5 Å². The summed E-state index contributed by atoms with van der Waals surface area (Å²) >= 11 is 0. The molecule has 0 saturated carbocycles. The standard InChI is InChI=1S/C12H8N4O2/c17-11(18)9-5-6-13-12(15-9)16-7-14-8-3-1-2-4-10(8)16/h1-7H,(H,17,18). The molecule has 88 valence electrons. The van der Waals surface area contributed by atoms with Crippen molar-refractivity contribution in [2.75, 3.05) is 0 Å². The van der Waals surface area contributed by atoms with Crippen LogP contribution in [0.4, 0.5) is 0 Å². The number of carboxylic acids is 1. The van der Waals surface area contributed by atoms with Gasteiger partial charge in [0.25, 0.3) is 0 Å². The van der Waals surface area contributed by atoms with Gasteiger partial charge in [0.05, 0.1) is 11.0 Å². The molecule has 1 N–H and O–H groups in total. The van der Waals surface area contributed by atoms with E-state index in [-0.39, 0.29) is 5.69 Å². The number of aromatic nitrogens is 4. The van der Waals surface area contributed by atoms with Gasteiger partial charge in [0, 0.05) is 6.20 Å². The number of hydrogen-bond donors (Lipinski definition) is 1. The third-order valence-electron chi connectivity index (χ3n) is 2.53. The van der Waals surface area contributed by atoms with E-state index in [0.29, 0.717) is 5.95 Å². The topological polar surface area (TPSA) is 80.9 Å². The minimum absolute atomic E-state index is 0.0437. The lowest BCUT2D eigenvalue weighted by Gasteiger charge is -2.02. The van der Waals surface area contributed by atoms with Crippen LogP contribution >= 0.6 is 0 Å². The third kappa shape index (κ3) is 1.60. The second-order valence-electron chi connectivity index (χ2n) is 3.65. The monoisotopic (exact) mass is 240 g/mol. The molecule has 2 heterocycles. The van der Waals surface area contributed by atoms with Gasteiger partial charge in [-0.25, -0.2) is 19.7 Å². The molecule has 2 aromatic heterocycles. The molecule has 0 bridgehead atoms. The Balaban J connectivity index is 2.20. The summed E-state index contributed by atoms with van der Waals surface area (Å²) in [7, 11) is 0. The first-order chi connectivity index (χ1) is 8.75. The van der Waals surface area contributed by atoms with Crippen molar-refractivity contribution in [1.29, 1.82) is 0 Å². The lowest BCUT2D eigenvalue weighted by molar-refractivity contribution is 0.0690. The Bertz CT molecular complexity index is 736. The third-order valence-corrected chi connectivity index (χ3v) is 2.53. The van der Waals surface area contributed by atoms with Crippen LogP contribution in [-0.4, -0.2) is 30.6 Å². The zero-order valence-corrected chi connectivity index (χ0v) is 9.19. The molecule has 3 rings (SSSR count). The second-order valence-corrected chi connectivity index (χ2v) is 3.65. The average Bonchev–Trinajstić information content (AvgIpc) is 2.82. The number of imidazole rings is 1. The quantitative estimate of drug-likeness (QED) is 0.734. The van der Waals surface area contributed by atoms with Gasteiger partial charge >= 0.3 is 5.97 Å². The molecule has 0 saturated heterocycles. The van der Waals surface area contributed by atoms with Crippen molar-refractivity contribution in [2.45, 2.75) is 0 Å². The van der Waals surface area contributed by atoms with Gasteiger partial charge in [-0.15, -0.1) is 0 Å². The molecule has 0 amide bonds. The summed E-state index contributed by atoms with van der Waals surface area (Å²) in [5.74, 6) is -0.785. The lowest BCUT2D eigenvalue weighted by atomic mass is 10.3. The fourth-order valence-corrected chi connectivity index (χ4v) is 1.70. The molecule has 3 aromatic rings. The summed E-state index contributed by atoms with van der Waals surface area (Å²) in [5, 5.41) is 8.90. The first-order valence-corrected chi connectivity index (χ1v) is 5.24. The molecule has 0 radical (unpaired) electrons. The van der Waals surface area contributed by atoms with Gasteiger partial charge in [-0.1, -0.05) is 12.1 Å². The summed E-state index contributed by atoms with van der Waals surface area (Å²) in [6.45, 7) is 0. The molecule has 18 heavy (non-hydrogen) atoms. The number of benzene rings is 1. The number of hydrogen-bond acceptors (Lipinski definition) is 4. The Morgan fingerprint density at radius 2 is 2.00 bits per heavy atom. The van der Waals surface area contributed by atoms with Crippen molar-refractivity contribution in [1.82, 2.24) is 19.5 Å². The SMILES string of the molecule is O=C(O)c1ccnc(-n2cnc3ccccc32)n1. The van der Waals surface area contributed by atoms with Crippen LogP contribution in [0, 0.1) is 0 Å². The summed E-state index contributed by atoms with van der Waals surface area (Å²) in [4.78, 5) is 23.1. The van der Waals surface area contributed by atoms with Gasteiger partial charge in [0.15, 0.2) is 5.69 Å². The minimum atomic E-state index is -1.08. The highest BCUT2D eigenvalue weighted by Crippen LogP contribution is 2.15. The van der Waals surface area contributed by atoms with E-state index in [2.05, 4.69) is 15.0 Å². The zero-order chi connectivity index (χ0) is 12.5. The van der Waals surface area contributed by atoms with Crippen LogP contribution < -0.4 is 0 Å². The van der Waals surface area contributed by atoms with E-state index >= 15 is 0 Å². The maximum Gasteiger partial charge on any atom is 0.354 e. The summed E-state index contributed by atoms with van der Waals surface area (Å²) in [5.41, 5.74) is 1.60. The summed E-state index contributed by atoms with van der Waals surface area (Å²) in [6, 6.07) is 8.85. The van der Waals surface area contributed by atoms with Gasteiger partial charge in [0.1, 0.15) is 6.33 Å². The fourth-order valence-electron chi connectivity index (χ4n) is 1.70. The van der Waals surface area contributed by atoms with Gasteiger partial charge in [-0.05, 0) is 18.2 Å². The highest BCUT2D eigenvalue weighted by atomic mass is 16.4.